The molecule has 2 aliphatic heterocycles. The number of Topliss-reactive ketones (excluding diaryl/α,β-unsaturated/α-hetero) is 1. The summed E-state index contributed by atoms with van der Waals surface area (Å²) in [4.78, 5) is 39.6. The summed E-state index contributed by atoms with van der Waals surface area (Å²) in [6.07, 6.45) is 5.14. The molecule has 2 aromatic rings. The van der Waals surface area contributed by atoms with E-state index in [4.69, 9.17) is 4.74 Å². The maximum Gasteiger partial charge on any atom is 0.326 e. The molecule has 1 aromatic heterocycles. The van der Waals surface area contributed by atoms with Crippen molar-refractivity contribution in [2.75, 3.05) is 13.2 Å². The summed E-state index contributed by atoms with van der Waals surface area (Å²) in [5.74, 6) is -0.262. The molecule has 2 amide bonds. The summed E-state index contributed by atoms with van der Waals surface area (Å²) in [5.41, 5.74) is 1.94. The standard InChI is InChI=1S/C22H25N3O4/c1-2-6-17(21(27)25-12-10-19-20(25)18(26)14-29-19)23-22(28)24-11-9-16(13-24)15-7-4-3-5-8-15/h3-5,7-9,11,13,17,19-20H,2,6,10,12,14H2,1H3,(H,23,28). The Labute approximate surface area is 169 Å². The molecule has 2 aliphatic rings. The lowest BCUT2D eigenvalue weighted by atomic mass is 10.1. The molecule has 2 fully saturated rings. The molecule has 4 rings (SSSR count). The predicted octanol–water partition coefficient (Wildman–Crippen LogP) is 2.45. The van der Waals surface area contributed by atoms with Gasteiger partial charge in [0.1, 0.15) is 18.7 Å². The summed E-state index contributed by atoms with van der Waals surface area (Å²) in [6.45, 7) is 2.51. The average molecular weight is 395 g/mol. The number of nitrogens with zero attached hydrogens (tertiary/aromatic N) is 2. The number of rotatable bonds is 5. The molecule has 0 spiro atoms. The Morgan fingerprint density at radius 3 is 2.76 bits per heavy atom. The molecule has 0 saturated carbocycles. The fourth-order valence-corrected chi connectivity index (χ4v) is 4.14. The van der Waals surface area contributed by atoms with Crippen molar-refractivity contribution in [3.05, 3.63) is 48.8 Å². The van der Waals surface area contributed by atoms with Crippen molar-refractivity contribution < 1.29 is 19.1 Å². The van der Waals surface area contributed by atoms with E-state index in [9.17, 15) is 14.4 Å². The molecule has 0 radical (unpaired) electrons. The highest BCUT2D eigenvalue weighted by Crippen LogP contribution is 2.28. The van der Waals surface area contributed by atoms with E-state index >= 15 is 0 Å². The van der Waals surface area contributed by atoms with Crippen LogP contribution in [0.5, 0.6) is 0 Å². The number of hydrogen-bond donors (Lipinski definition) is 1. The molecule has 7 nitrogen and oxygen atoms in total. The number of aromatic nitrogens is 1. The van der Waals surface area contributed by atoms with Crippen molar-refractivity contribution in [1.82, 2.24) is 14.8 Å². The average Bonchev–Trinajstić information content (AvgIpc) is 3.46. The molecule has 0 bridgehead atoms. The van der Waals surface area contributed by atoms with Crippen LogP contribution in [0.1, 0.15) is 26.2 Å². The van der Waals surface area contributed by atoms with Crippen molar-refractivity contribution in [3.63, 3.8) is 0 Å². The number of fused-ring (bicyclic) bond motifs is 1. The quantitative estimate of drug-likeness (QED) is 0.843. The molecule has 2 saturated heterocycles. The Kier molecular flexibility index (Phi) is 5.49. The van der Waals surface area contributed by atoms with Crippen molar-refractivity contribution in [3.8, 4) is 11.1 Å². The zero-order valence-corrected chi connectivity index (χ0v) is 16.4. The van der Waals surface area contributed by atoms with Gasteiger partial charge in [0.05, 0.1) is 6.10 Å². The van der Waals surface area contributed by atoms with Gasteiger partial charge in [0, 0.05) is 18.9 Å². The summed E-state index contributed by atoms with van der Waals surface area (Å²) in [6, 6.07) is 10.1. The third-order valence-corrected chi connectivity index (χ3v) is 5.60. The Morgan fingerprint density at radius 2 is 2.00 bits per heavy atom. The first kappa shape index (κ1) is 19.4. The maximum atomic E-state index is 13.1. The Hall–Kier alpha value is -2.93. The number of likely N-dealkylation sites (tertiary alicyclic amines) is 1. The molecular formula is C22H25N3O4. The largest absolute Gasteiger partial charge is 0.368 e. The minimum absolute atomic E-state index is 0.0552. The molecule has 7 heteroatoms. The van der Waals surface area contributed by atoms with Crippen LogP contribution in [0.15, 0.2) is 48.8 Å². The highest BCUT2D eigenvalue weighted by molar-refractivity contribution is 5.95. The van der Waals surface area contributed by atoms with Gasteiger partial charge in [-0.3, -0.25) is 14.2 Å². The minimum Gasteiger partial charge on any atom is -0.368 e. The number of nitrogens with one attached hydrogen (secondary N) is 1. The first-order valence-electron chi connectivity index (χ1n) is 10.1. The van der Waals surface area contributed by atoms with Crippen LogP contribution in [0.2, 0.25) is 0 Å². The van der Waals surface area contributed by atoms with Crippen LogP contribution >= 0.6 is 0 Å². The second-order valence-electron chi connectivity index (χ2n) is 7.55. The van der Waals surface area contributed by atoms with E-state index < -0.39 is 12.1 Å². The molecule has 29 heavy (non-hydrogen) atoms. The van der Waals surface area contributed by atoms with Gasteiger partial charge in [-0.2, -0.15) is 0 Å². The number of amides is 2. The lowest BCUT2D eigenvalue weighted by Gasteiger charge is -2.27. The fraction of sp³-hybridized carbons (Fsp3) is 0.409. The molecule has 1 aromatic carbocycles. The van der Waals surface area contributed by atoms with Gasteiger partial charge in [0.15, 0.2) is 5.78 Å². The fourth-order valence-electron chi connectivity index (χ4n) is 4.14. The van der Waals surface area contributed by atoms with Gasteiger partial charge in [0.25, 0.3) is 0 Å². The van der Waals surface area contributed by atoms with Gasteiger partial charge in [0.2, 0.25) is 5.91 Å². The summed E-state index contributed by atoms with van der Waals surface area (Å²) in [7, 11) is 0. The van der Waals surface area contributed by atoms with E-state index in [0.717, 1.165) is 17.5 Å². The maximum absolute atomic E-state index is 13.1. The van der Waals surface area contributed by atoms with Crippen LogP contribution in [-0.2, 0) is 14.3 Å². The molecule has 152 valence electrons. The second-order valence-corrected chi connectivity index (χ2v) is 7.55. The van der Waals surface area contributed by atoms with Gasteiger partial charge in [-0.05, 0) is 30.0 Å². The van der Waals surface area contributed by atoms with Gasteiger partial charge in [-0.15, -0.1) is 0 Å². The van der Waals surface area contributed by atoms with E-state index in [-0.39, 0.29) is 30.4 Å². The van der Waals surface area contributed by atoms with Crippen LogP contribution in [-0.4, -0.2) is 58.5 Å². The van der Waals surface area contributed by atoms with Gasteiger partial charge < -0.3 is 15.0 Å². The van der Waals surface area contributed by atoms with E-state index in [2.05, 4.69) is 5.32 Å². The lowest BCUT2D eigenvalue weighted by molar-refractivity contribution is -0.138. The second kappa shape index (κ2) is 8.21. The Morgan fingerprint density at radius 1 is 1.21 bits per heavy atom. The molecular weight excluding hydrogens is 370 g/mol. The van der Waals surface area contributed by atoms with Crippen LogP contribution in [0.4, 0.5) is 4.79 Å². The smallest absolute Gasteiger partial charge is 0.326 e. The third kappa shape index (κ3) is 3.82. The normalized spacial score (nSPS) is 21.8. The summed E-state index contributed by atoms with van der Waals surface area (Å²) in [5, 5.41) is 2.85. The number of carbonyl (C=O) groups is 3. The number of ketones is 1. The van der Waals surface area contributed by atoms with Crippen molar-refractivity contribution in [1.29, 1.82) is 0 Å². The summed E-state index contributed by atoms with van der Waals surface area (Å²) < 4.78 is 6.92. The SMILES string of the molecule is CCCC(NC(=O)n1ccc(-c2ccccc2)c1)C(=O)N1CCC2OCC(=O)C21. The Bertz CT molecular complexity index is 908. The zero-order chi connectivity index (χ0) is 20.4. The number of carbonyl (C=O) groups excluding carboxylic acids is 3. The zero-order valence-electron chi connectivity index (χ0n) is 16.4. The minimum atomic E-state index is -0.665. The van der Waals surface area contributed by atoms with E-state index in [1.807, 2.05) is 43.3 Å². The van der Waals surface area contributed by atoms with E-state index in [0.29, 0.717) is 19.4 Å². The molecule has 1 N–H and O–H groups in total. The predicted molar refractivity (Wildman–Crippen MR) is 107 cm³/mol. The monoisotopic (exact) mass is 395 g/mol. The van der Waals surface area contributed by atoms with Gasteiger partial charge in [-0.1, -0.05) is 43.7 Å². The number of hydrogen-bond acceptors (Lipinski definition) is 4. The van der Waals surface area contributed by atoms with Crippen LogP contribution in [0.3, 0.4) is 0 Å². The molecule has 0 aliphatic carbocycles. The highest BCUT2D eigenvalue weighted by atomic mass is 16.5. The highest BCUT2D eigenvalue weighted by Gasteiger charge is 2.47. The third-order valence-electron chi connectivity index (χ3n) is 5.60. The van der Waals surface area contributed by atoms with Crippen molar-refractivity contribution in [2.45, 2.75) is 44.4 Å². The summed E-state index contributed by atoms with van der Waals surface area (Å²) >= 11 is 0. The molecule has 3 heterocycles. The Balaban J connectivity index is 1.47. The van der Waals surface area contributed by atoms with Gasteiger partial charge in [-0.25, -0.2) is 4.79 Å². The van der Waals surface area contributed by atoms with Crippen LogP contribution in [0, 0.1) is 0 Å². The van der Waals surface area contributed by atoms with Crippen molar-refractivity contribution in [2.24, 2.45) is 0 Å². The van der Waals surface area contributed by atoms with E-state index in [1.54, 1.807) is 17.3 Å². The number of benzene rings is 1. The molecule has 3 unspecified atom stereocenters. The first-order chi connectivity index (χ1) is 14.1. The first-order valence-corrected chi connectivity index (χ1v) is 10.1. The van der Waals surface area contributed by atoms with Crippen molar-refractivity contribution >= 4 is 17.7 Å². The lowest BCUT2D eigenvalue weighted by Crippen LogP contribution is -2.52. The molecule has 3 atom stereocenters. The van der Waals surface area contributed by atoms with Crippen LogP contribution in [0.25, 0.3) is 11.1 Å². The number of ether oxygens (including phenoxy) is 1. The van der Waals surface area contributed by atoms with Gasteiger partial charge >= 0.3 is 6.03 Å². The topological polar surface area (TPSA) is 80.6 Å². The van der Waals surface area contributed by atoms with Crippen LogP contribution < -0.4 is 5.32 Å². The van der Waals surface area contributed by atoms with E-state index in [1.165, 1.54) is 4.57 Å².